The zero-order valence-corrected chi connectivity index (χ0v) is 14.0. The van der Waals surface area contributed by atoms with Crippen LogP contribution in [0.3, 0.4) is 0 Å². The Morgan fingerprint density at radius 3 is 2.27 bits per heavy atom. The van der Waals surface area contributed by atoms with Crippen LogP contribution in [0.1, 0.15) is 31.2 Å². The second-order valence-electron chi connectivity index (χ2n) is 6.52. The molecule has 6 nitrogen and oxygen atoms in total. The Bertz CT molecular complexity index is 620. The highest BCUT2D eigenvalue weighted by atomic mass is 19.4. The van der Waals surface area contributed by atoms with Gasteiger partial charge in [-0.1, -0.05) is 0 Å². The molecule has 3 rings (SSSR count). The number of nitrogens with zero attached hydrogens (tertiary/aromatic N) is 2. The zero-order valence-electron chi connectivity index (χ0n) is 14.0. The molecule has 0 radical (unpaired) electrons. The Kier molecular flexibility index (Phi) is 6.57. The van der Waals surface area contributed by atoms with Crippen molar-refractivity contribution in [3.05, 3.63) is 30.1 Å². The van der Waals surface area contributed by atoms with Gasteiger partial charge in [-0.2, -0.15) is 13.2 Å². The Morgan fingerprint density at radius 1 is 1.19 bits per heavy atom. The van der Waals surface area contributed by atoms with E-state index in [9.17, 15) is 23.1 Å². The maximum absolute atomic E-state index is 12.2. The molecule has 2 fully saturated rings. The number of amides is 1. The summed E-state index contributed by atoms with van der Waals surface area (Å²) in [6.45, 7) is 0.697. The van der Waals surface area contributed by atoms with Gasteiger partial charge in [0.15, 0.2) is 0 Å². The Balaban J connectivity index is 0.000000298. The molecular weight excluding hydrogens is 353 g/mol. The van der Waals surface area contributed by atoms with E-state index in [0.29, 0.717) is 25.3 Å². The summed E-state index contributed by atoms with van der Waals surface area (Å²) in [6.07, 6.45) is 2.51. The van der Waals surface area contributed by atoms with E-state index in [1.807, 2.05) is 17.0 Å². The van der Waals surface area contributed by atoms with E-state index in [1.54, 1.807) is 12.4 Å². The van der Waals surface area contributed by atoms with Crippen molar-refractivity contribution in [1.29, 1.82) is 0 Å². The van der Waals surface area contributed by atoms with Crippen molar-refractivity contribution in [3.63, 3.8) is 0 Å². The number of pyridine rings is 1. The van der Waals surface area contributed by atoms with Crippen LogP contribution in [0.4, 0.5) is 13.2 Å². The Morgan fingerprint density at radius 2 is 1.77 bits per heavy atom. The monoisotopic (exact) mass is 374 g/mol. The molecule has 1 aromatic heterocycles. The standard InChI is InChI=1S/C15H20N2O2.C2HF3O2/c18-14-5-8-17(15(19)10-11-1-2-11)13(14)9-12-3-6-16-7-4-12;3-2(4,5)1(6)7/h3-4,6-7,11,13-14,18H,1-2,5,8-10H2;(H,6,7)/t13-,14-;/m0./s1. The van der Waals surface area contributed by atoms with Crippen molar-refractivity contribution in [1.82, 2.24) is 9.88 Å². The van der Waals surface area contributed by atoms with E-state index in [0.717, 1.165) is 12.0 Å². The minimum Gasteiger partial charge on any atom is -0.475 e. The van der Waals surface area contributed by atoms with E-state index in [-0.39, 0.29) is 11.9 Å². The van der Waals surface area contributed by atoms with Gasteiger partial charge in [0.1, 0.15) is 0 Å². The van der Waals surface area contributed by atoms with Crippen LogP contribution in [0.5, 0.6) is 0 Å². The highest BCUT2D eigenvalue weighted by Crippen LogP contribution is 2.34. The van der Waals surface area contributed by atoms with E-state index >= 15 is 0 Å². The van der Waals surface area contributed by atoms with Gasteiger partial charge < -0.3 is 15.1 Å². The lowest BCUT2D eigenvalue weighted by Gasteiger charge is -2.26. The van der Waals surface area contributed by atoms with Crippen LogP contribution in [0, 0.1) is 5.92 Å². The van der Waals surface area contributed by atoms with E-state index in [4.69, 9.17) is 9.90 Å². The highest BCUT2D eigenvalue weighted by Gasteiger charge is 2.38. The molecule has 1 amide bonds. The van der Waals surface area contributed by atoms with Crippen LogP contribution >= 0.6 is 0 Å². The number of aliphatic carboxylic acids is 1. The van der Waals surface area contributed by atoms with Gasteiger partial charge in [-0.25, -0.2) is 4.79 Å². The molecule has 1 aliphatic carbocycles. The molecule has 9 heteroatoms. The topological polar surface area (TPSA) is 90.7 Å². The average molecular weight is 374 g/mol. The first kappa shape index (κ1) is 20.2. The molecular formula is C17H21F3N2O4. The quantitative estimate of drug-likeness (QED) is 0.842. The third kappa shape index (κ3) is 5.98. The molecule has 1 saturated heterocycles. The molecule has 2 N–H and O–H groups in total. The van der Waals surface area contributed by atoms with Crippen LogP contribution in [-0.4, -0.2) is 56.8 Å². The SMILES string of the molecule is O=C(CC1CC1)N1CC[C@H](O)[C@@H]1Cc1ccncc1.O=C(O)C(F)(F)F. The number of hydrogen-bond acceptors (Lipinski definition) is 4. The molecule has 26 heavy (non-hydrogen) atoms. The molecule has 1 saturated carbocycles. The predicted octanol–water partition coefficient (Wildman–Crippen LogP) is 2.02. The number of likely N-dealkylation sites (tertiary alicyclic amines) is 1. The second kappa shape index (κ2) is 8.48. The summed E-state index contributed by atoms with van der Waals surface area (Å²) >= 11 is 0. The molecule has 144 valence electrons. The smallest absolute Gasteiger partial charge is 0.475 e. The summed E-state index contributed by atoms with van der Waals surface area (Å²) in [7, 11) is 0. The molecule has 2 aliphatic rings. The number of rotatable bonds is 4. The number of hydrogen-bond donors (Lipinski definition) is 2. The predicted molar refractivity (Wildman–Crippen MR) is 85.1 cm³/mol. The van der Waals surface area contributed by atoms with Crippen LogP contribution in [-0.2, 0) is 16.0 Å². The van der Waals surface area contributed by atoms with Gasteiger partial charge in [-0.05, 0) is 49.3 Å². The van der Waals surface area contributed by atoms with Crippen LogP contribution < -0.4 is 0 Å². The normalized spacial score (nSPS) is 22.5. The summed E-state index contributed by atoms with van der Waals surface area (Å²) in [5.74, 6) is -1.93. The molecule has 1 aromatic rings. The molecule has 0 unspecified atom stereocenters. The average Bonchev–Trinajstić information content (AvgIpc) is 3.31. The number of halogens is 3. The molecule has 2 atom stereocenters. The van der Waals surface area contributed by atoms with Crippen molar-refractivity contribution in [2.24, 2.45) is 5.92 Å². The highest BCUT2D eigenvalue weighted by molar-refractivity contribution is 5.77. The summed E-state index contributed by atoms with van der Waals surface area (Å²) < 4.78 is 31.7. The van der Waals surface area contributed by atoms with Crippen LogP contribution in [0.2, 0.25) is 0 Å². The Hall–Kier alpha value is -2.16. The molecule has 2 heterocycles. The fourth-order valence-corrected chi connectivity index (χ4v) is 2.84. The first-order valence-electron chi connectivity index (χ1n) is 8.35. The summed E-state index contributed by atoms with van der Waals surface area (Å²) in [4.78, 5) is 27.0. The van der Waals surface area contributed by atoms with Gasteiger partial charge in [-0.15, -0.1) is 0 Å². The van der Waals surface area contributed by atoms with Crippen molar-refractivity contribution in [2.45, 2.75) is 50.4 Å². The van der Waals surface area contributed by atoms with E-state index < -0.39 is 18.2 Å². The summed E-state index contributed by atoms with van der Waals surface area (Å²) in [6, 6.07) is 3.84. The molecule has 1 aliphatic heterocycles. The fraction of sp³-hybridized carbons (Fsp3) is 0.588. The lowest BCUT2D eigenvalue weighted by Crippen LogP contribution is -2.41. The fourth-order valence-electron chi connectivity index (χ4n) is 2.84. The second-order valence-corrected chi connectivity index (χ2v) is 6.52. The van der Waals surface area contributed by atoms with Gasteiger partial charge in [0.05, 0.1) is 12.1 Å². The van der Waals surface area contributed by atoms with Crippen molar-refractivity contribution < 1.29 is 33.0 Å². The largest absolute Gasteiger partial charge is 0.490 e. The minimum atomic E-state index is -5.08. The van der Waals surface area contributed by atoms with Crippen LogP contribution in [0.25, 0.3) is 0 Å². The summed E-state index contributed by atoms with van der Waals surface area (Å²) in [5.41, 5.74) is 1.13. The lowest BCUT2D eigenvalue weighted by molar-refractivity contribution is -0.192. The van der Waals surface area contributed by atoms with Gasteiger partial charge in [0.2, 0.25) is 5.91 Å². The van der Waals surface area contributed by atoms with Gasteiger partial charge in [0, 0.05) is 25.4 Å². The zero-order chi connectivity index (χ0) is 19.3. The van der Waals surface area contributed by atoms with E-state index in [1.165, 1.54) is 12.8 Å². The maximum atomic E-state index is 12.2. The van der Waals surface area contributed by atoms with Gasteiger partial charge >= 0.3 is 12.1 Å². The number of carbonyl (C=O) groups excluding carboxylic acids is 1. The first-order chi connectivity index (χ1) is 12.2. The van der Waals surface area contributed by atoms with Crippen molar-refractivity contribution >= 4 is 11.9 Å². The van der Waals surface area contributed by atoms with Gasteiger partial charge in [-0.3, -0.25) is 9.78 Å². The molecule has 0 bridgehead atoms. The minimum absolute atomic E-state index is 0.0614. The summed E-state index contributed by atoms with van der Waals surface area (Å²) in [5, 5.41) is 17.2. The number of carbonyl (C=O) groups is 2. The lowest BCUT2D eigenvalue weighted by atomic mass is 10.0. The first-order valence-corrected chi connectivity index (χ1v) is 8.35. The van der Waals surface area contributed by atoms with E-state index in [2.05, 4.69) is 4.98 Å². The number of aliphatic hydroxyl groups excluding tert-OH is 1. The number of carboxylic acid groups (broad SMARTS) is 1. The maximum Gasteiger partial charge on any atom is 0.490 e. The van der Waals surface area contributed by atoms with Crippen molar-refractivity contribution in [2.75, 3.05) is 6.54 Å². The van der Waals surface area contributed by atoms with Crippen LogP contribution in [0.15, 0.2) is 24.5 Å². The Labute approximate surface area is 148 Å². The number of alkyl halides is 3. The van der Waals surface area contributed by atoms with Crippen molar-refractivity contribution in [3.8, 4) is 0 Å². The number of aliphatic hydroxyl groups is 1. The number of carboxylic acids is 1. The molecule has 0 spiro atoms. The third-order valence-electron chi connectivity index (χ3n) is 4.43. The molecule has 0 aromatic carbocycles. The van der Waals surface area contributed by atoms with Gasteiger partial charge in [0.25, 0.3) is 0 Å². The third-order valence-corrected chi connectivity index (χ3v) is 4.43. The number of aromatic nitrogens is 1.